The summed E-state index contributed by atoms with van der Waals surface area (Å²) in [7, 11) is 0. The van der Waals surface area contributed by atoms with E-state index in [0.717, 1.165) is 16.0 Å². The summed E-state index contributed by atoms with van der Waals surface area (Å²) in [6.07, 6.45) is 0. The largest absolute Gasteiger partial charge is 0.477 e. The van der Waals surface area contributed by atoms with E-state index in [1.165, 1.54) is 11.3 Å². The van der Waals surface area contributed by atoms with E-state index in [9.17, 15) is 4.79 Å². The molecule has 1 atom stereocenters. The van der Waals surface area contributed by atoms with Gasteiger partial charge in [0, 0.05) is 15.8 Å². The van der Waals surface area contributed by atoms with Crippen LogP contribution in [0, 0.1) is 6.92 Å². The van der Waals surface area contributed by atoms with Gasteiger partial charge in [-0.25, -0.2) is 4.79 Å². The molecule has 18 heavy (non-hydrogen) atoms. The van der Waals surface area contributed by atoms with Crippen LogP contribution < -0.4 is 0 Å². The van der Waals surface area contributed by atoms with Gasteiger partial charge in [-0.2, -0.15) is 0 Å². The second-order valence-corrected chi connectivity index (χ2v) is 5.90. The fourth-order valence-corrected chi connectivity index (χ4v) is 3.14. The van der Waals surface area contributed by atoms with Gasteiger partial charge in [0.1, 0.15) is 4.88 Å². The molecule has 1 heterocycles. The third-order valence-electron chi connectivity index (χ3n) is 2.98. The van der Waals surface area contributed by atoms with E-state index >= 15 is 0 Å². The number of halogens is 1. The number of aryl methyl sites for hydroxylation is 1. The Bertz CT molecular complexity index is 589. The molecule has 1 N–H and O–H groups in total. The first kappa shape index (κ1) is 13.1. The van der Waals surface area contributed by atoms with Crippen LogP contribution in [0.5, 0.6) is 0 Å². The van der Waals surface area contributed by atoms with Crippen molar-refractivity contribution in [3.63, 3.8) is 0 Å². The van der Waals surface area contributed by atoms with E-state index in [1.807, 2.05) is 31.2 Å². The zero-order valence-corrected chi connectivity index (χ0v) is 11.7. The molecule has 4 heteroatoms. The highest BCUT2D eigenvalue weighted by molar-refractivity contribution is 7.14. The number of hydrogen-bond donors (Lipinski definition) is 1. The van der Waals surface area contributed by atoms with Crippen LogP contribution in [0.2, 0.25) is 5.02 Å². The molecule has 0 aliphatic carbocycles. The SMILES string of the molecule is Cc1sc(C(=O)O)cc1C(C)c1cccc(Cl)c1. The molecule has 0 bridgehead atoms. The molecule has 0 fully saturated rings. The van der Waals surface area contributed by atoms with E-state index in [2.05, 4.69) is 6.92 Å². The van der Waals surface area contributed by atoms with Crippen molar-refractivity contribution in [3.05, 3.63) is 56.2 Å². The van der Waals surface area contributed by atoms with Gasteiger partial charge in [-0.1, -0.05) is 30.7 Å². The Morgan fingerprint density at radius 2 is 2.11 bits per heavy atom. The summed E-state index contributed by atoms with van der Waals surface area (Å²) in [5.74, 6) is -0.722. The standard InChI is InChI=1S/C14H13ClO2S/c1-8(10-4-3-5-11(15)6-10)12-7-13(14(16)17)18-9(12)2/h3-8H,1-2H3,(H,16,17). The molecule has 1 aromatic heterocycles. The maximum Gasteiger partial charge on any atom is 0.345 e. The van der Waals surface area contributed by atoms with Crippen molar-refractivity contribution < 1.29 is 9.90 Å². The van der Waals surface area contributed by atoms with Gasteiger partial charge in [0.25, 0.3) is 0 Å². The minimum absolute atomic E-state index is 0.146. The number of carbonyl (C=O) groups is 1. The first-order valence-electron chi connectivity index (χ1n) is 5.58. The second-order valence-electron chi connectivity index (χ2n) is 4.20. The molecule has 0 spiro atoms. The molecule has 0 aliphatic rings. The third-order valence-corrected chi connectivity index (χ3v) is 4.27. The first-order valence-corrected chi connectivity index (χ1v) is 6.77. The summed E-state index contributed by atoms with van der Waals surface area (Å²) in [6, 6.07) is 9.43. The maximum atomic E-state index is 11.0. The molecule has 0 saturated carbocycles. The van der Waals surface area contributed by atoms with Gasteiger partial charge in [0.05, 0.1) is 0 Å². The van der Waals surface area contributed by atoms with Gasteiger partial charge in [-0.15, -0.1) is 11.3 Å². The highest BCUT2D eigenvalue weighted by Gasteiger charge is 2.17. The Balaban J connectivity index is 2.39. The number of aromatic carboxylic acids is 1. The molecule has 0 aliphatic heterocycles. The van der Waals surface area contributed by atoms with Crippen LogP contribution in [0.3, 0.4) is 0 Å². The molecular weight excluding hydrogens is 268 g/mol. The summed E-state index contributed by atoms with van der Waals surface area (Å²) < 4.78 is 0. The number of carboxylic acid groups (broad SMARTS) is 1. The van der Waals surface area contributed by atoms with Gasteiger partial charge >= 0.3 is 5.97 Å². The van der Waals surface area contributed by atoms with E-state index in [4.69, 9.17) is 16.7 Å². The van der Waals surface area contributed by atoms with Crippen LogP contribution in [0.1, 0.15) is 38.5 Å². The molecule has 2 nitrogen and oxygen atoms in total. The van der Waals surface area contributed by atoms with E-state index in [0.29, 0.717) is 9.90 Å². The highest BCUT2D eigenvalue weighted by Crippen LogP contribution is 2.33. The molecule has 0 amide bonds. The Morgan fingerprint density at radius 1 is 1.39 bits per heavy atom. The number of rotatable bonds is 3. The van der Waals surface area contributed by atoms with Crippen molar-refractivity contribution in [3.8, 4) is 0 Å². The lowest BCUT2D eigenvalue weighted by molar-refractivity contribution is 0.0702. The number of carboxylic acids is 1. The second kappa shape index (κ2) is 5.12. The molecular formula is C14H13ClO2S. The normalized spacial score (nSPS) is 12.4. The predicted octanol–water partition coefficient (Wildman–Crippen LogP) is 4.56. The van der Waals surface area contributed by atoms with Gasteiger partial charge in [-0.3, -0.25) is 0 Å². The third kappa shape index (κ3) is 2.57. The topological polar surface area (TPSA) is 37.3 Å². The van der Waals surface area contributed by atoms with Gasteiger partial charge in [0.15, 0.2) is 0 Å². The maximum absolute atomic E-state index is 11.0. The van der Waals surface area contributed by atoms with Crippen LogP contribution in [0.25, 0.3) is 0 Å². The Kier molecular flexibility index (Phi) is 3.73. The fourth-order valence-electron chi connectivity index (χ4n) is 1.99. The van der Waals surface area contributed by atoms with Crippen LogP contribution in [-0.2, 0) is 0 Å². The van der Waals surface area contributed by atoms with Crippen LogP contribution in [0.15, 0.2) is 30.3 Å². The molecule has 0 radical (unpaired) electrons. The molecule has 94 valence electrons. The first-order chi connectivity index (χ1) is 8.49. The minimum Gasteiger partial charge on any atom is -0.477 e. The Hall–Kier alpha value is -1.32. The average Bonchev–Trinajstić information content (AvgIpc) is 2.70. The lowest BCUT2D eigenvalue weighted by Crippen LogP contribution is -1.96. The van der Waals surface area contributed by atoms with Gasteiger partial charge in [0.2, 0.25) is 0 Å². The van der Waals surface area contributed by atoms with Gasteiger partial charge in [-0.05, 0) is 36.2 Å². The highest BCUT2D eigenvalue weighted by atomic mass is 35.5. The van der Waals surface area contributed by atoms with Crippen molar-refractivity contribution in [1.29, 1.82) is 0 Å². The summed E-state index contributed by atoms with van der Waals surface area (Å²) >= 11 is 7.30. The lowest BCUT2D eigenvalue weighted by Gasteiger charge is -2.12. The van der Waals surface area contributed by atoms with Crippen LogP contribution in [0.4, 0.5) is 0 Å². The monoisotopic (exact) mass is 280 g/mol. The average molecular weight is 281 g/mol. The summed E-state index contributed by atoms with van der Waals surface area (Å²) in [6.45, 7) is 4.01. The summed E-state index contributed by atoms with van der Waals surface area (Å²) in [5, 5.41) is 9.71. The van der Waals surface area contributed by atoms with E-state index in [1.54, 1.807) is 6.07 Å². The predicted molar refractivity (Wildman–Crippen MR) is 75.0 cm³/mol. The van der Waals surface area contributed by atoms with Crippen LogP contribution in [-0.4, -0.2) is 11.1 Å². The van der Waals surface area contributed by atoms with Crippen LogP contribution >= 0.6 is 22.9 Å². The minimum atomic E-state index is -0.868. The number of benzene rings is 1. The fraction of sp³-hybridized carbons (Fsp3) is 0.214. The molecule has 0 saturated heterocycles. The van der Waals surface area contributed by atoms with Crippen molar-refractivity contribution in [2.75, 3.05) is 0 Å². The molecule has 1 unspecified atom stereocenters. The quantitative estimate of drug-likeness (QED) is 0.895. The summed E-state index contributed by atoms with van der Waals surface area (Å²) in [5.41, 5.74) is 2.15. The summed E-state index contributed by atoms with van der Waals surface area (Å²) in [4.78, 5) is 12.4. The zero-order chi connectivity index (χ0) is 13.3. The molecule has 2 rings (SSSR count). The Labute approximate surface area is 115 Å². The van der Waals surface area contributed by atoms with Gasteiger partial charge < -0.3 is 5.11 Å². The van der Waals surface area contributed by atoms with Crippen molar-refractivity contribution in [2.45, 2.75) is 19.8 Å². The van der Waals surface area contributed by atoms with Crippen molar-refractivity contribution in [1.82, 2.24) is 0 Å². The van der Waals surface area contributed by atoms with E-state index in [-0.39, 0.29) is 5.92 Å². The van der Waals surface area contributed by atoms with Crippen molar-refractivity contribution in [2.24, 2.45) is 0 Å². The Morgan fingerprint density at radius 3 is 2.67 bits per heavy atom. The smallest absolute Gasteiger partial charge is 0.345 e. The zero-order valence-electron chi connectivity index (χ0n) is 10.1. The number of hydrogen-bond acceptors (Lipinski definition) is 2. The van der Waals surface area contributed by atoms with Crippen molar-refractivity contribution >= 4 is 28.9 Å². The molecule has 2 aromatic rings. The number of thiophene rings is 1. The lowest BCUT2D eigenvalue weighted by atomic mass is 9.93. The molecule has 1 aromatic carbocycles. The van der Waals surface area contributed by atoms with E-state index < -0.39 is 5.97 Å².